The molecular weight excluding hydrogens is 275 g/mol. The molecule has 0 aliphatic carbocycles. The summed E-state index contributed by atoms with van der Waals surface area (Å²) in [4.78, 5) is 10.9. The number of nitrogens with zero attached hydrogens (tertiary/aromatic N) is 1. The number of alkyl halides is 3. The maximum absolute atomic E-state index is 12.3. The quantitative estimate of drug-likeness (QED) is 0.689. The average molecular weight is 291 g/mol. The molecule has 0 atom stereocenters. The first-order valence-corrected chi connectivity index (χ1v) is 6.63. The Labute approximate surface area is 104 Å². The van der Waals surface area contributed by atoms with E-state index in [-0.39, 0.29) is 4.31 Å². The zero-order valence-electron chi connectivity index (χ0n) is 10.3. The van der Waals surface area contributed by atoms with Gasteiger partial charge in [0, 0.05) is 6.54 Å². The highest BCUT2D eigenvalue weighted by Gasteiger charge is 2.37. The topological polar surface area (TPSA) is 63.7 Å². The van der Waals surface area contributed by atoms with Gasteiger partial charge in [-0.25, -0.2) is 8.42 Å². The molecule has 0 fully saturated rings. The molecule has 0 aromatic rings. The van der Waals surface area contributed by atoms with E-state index < -0.39 is 46.9 Å². The molecule has 9 heteroatoms. The molecule has 0 aromatic carbocycles. The van der Waals surface area contributed by atoms with Gasteiger partial charge in [0.05, 0.1) is 18.8 Å². The van der Waals surface area contributed by atoms with Crippen molar-refractivity contribution in [2.24, 2.45) is 0 Å². The fraction of sp³-hybridized carbons (Fsp3) is 0.889. The van der Waals surface area contributed by atoms with Crippen LogP contribution in [0.1, 0.15) is 20.3 Å². The fourth-order valence-corrected chi connectivity index (χ4v) is 2.38. The van der Waals surface area contributed by atoms with Gasteiger partial charge in [-0.1, -0.05) is 0 Å². The number of rotatable bonds is 6. The fourth-order valence-electron chi connectivity index (χ4n) is 1.11. The molecule has 0 heterocycles. The first-order valence-electron chi connectivity index (χ1n) is 5.13. The van der Waals surface area contributed by atoms with E-state index in [1.165, 1.54) is 13.8 Å². The van der Waals surface area contributed by atoms with Gasteiger partial charge in [0.25, 0.3) is 0 Å². The number of carbonyl (C=O) groups is 1. The number of sulfonamides is 1. The first-order chi connectivity index (χ1) is 8.00. The van der Waals surface area contributed by atoms with Crippen LogP contribution >= 0.6 is 0 Å². The van der Waals surface area contributed by atoms with Crippen LogP contribution in [0.2, 0.25) is 0 Å². The summed E-state index contributed by atoms with van der Waals surface area (Å²) in [5.74, 6) is -0.763. The van der Waals surface area contributed by atoms with Crippen LogP contribution in [0.15, 0.2) is 0 Å². The third-order valence-electron chi connectivity index (χ3n) is 2.10. The minimum Gasteiger partial charge on any atom is -0.469 e. The minimum absolute atomic E-state index is 0.259. The summed E-state index contributed by atoms with van der Waals surface area (Å²) >= 11 is 0. The number of methoxy groups -OCH3 is 1. The predicted octanol–water partition coefficient (Wildman–Crippen LogP) is 1.15. The van der Waals surface area contributed by atoms with Crippen LogP contribution in [0.4, 0.5) is 13.2 Å². The molecule has 0 spiro atoms. The van der Waals surface area contributed by atoms with Crippen LogP contribution in [0.25, 0.3) is 0 Å². The van der Waals surface area contributed by atoms with Crippen molar-refractivity contribution >= 4 is 16.0 Å². The van der Waals surface area contributed by atoms with Crippen molar-refractivity contribution < 1.29 is 31.1 Å². The van der Waals surface area contributed by atoms with E-state index in [4.69, 9.17) is 0 Å². The van der Waals surface area contributed by atoms with Crippen LogP contribution < -0.4 is 0 Å². The monoisotopic (exact) mass is 291 g/mol. The van der Waals surface area contributed by atoms with Crippen molar-refractivity contribution in [2.75, 3.05) is 20.2 Å². The Balaban J connectivity index is 4.91. The zero-order chi connectivity index (χ0) is 14.6. The molecule has 0 aromatic heterocycles. The zero-order valence-corrected chi connectivity index (χ0v) is 11.1. The Kier molecular flexibility index (Phi) is 6.08. The van der Waals surface area contributed by atoms with E-state index in [0.717, 1.165) is 7.11 Å². The Morgan fingerprint density at radius 1 is 1.33 bits per heavy atom. The van der Waals surface area contributed by atoms with E-state index >= 15 is 0 Å². The Morgan fingerprint density at radius 2 is 1.83 bits per heavy atom. The lowest BCUT2D eigenvalue weighted by Crippen LogP contribution is -2.43. The molecule has 0 saturated heterocycles. The van der Waals surface area contributed by atoms with Crippen molar-refractivity contribution in [1.82, 2.24) is 4.31 Å². The van der Waals surface area contributed by atoms with E-state index in [0.29, 0.717) is 0 Å². The summed E-state index contributed by atoms with van der Waals surface area (Å²) in [6.07, 6.45) is -5.07. The summed E-state index contributed by atoms with van der Waals surface area (Å²) < 4.78 is 64.7. The number of esters is 1. The average Bonchev–Trinajstić information content (AvgIpc) is 2.21. The van der Waals surface area contributed by atoms with Crippen LogP contribution in [-0.4, -0.2) is 50.3 Å². The van der Waals surface area contributed by atoms with Crippen molar-refractivity contribution in [1.29, 1.82) is 0 Å². The summed E-state index contributed by atoms with van der Waals surface area (Å²) in [6.45, 7) is 0.394. The van der Waals surface area contributed by atoms with E-state index in [1.54, 1.807) is 0 Å². The molecule has 0 aliphatic rings. The third kappa shape index (κ3) is 5.67. The number of halogens is 3. The highest BCUT2D eigenvalue weighted by Crippen LogP contribution is 2.20. The van der Waals surface area contributed by atoms with Crippen molar-refractivity contribution in [3.8, 4) is 0 Å². The first kappa shape index (κ1) is 17.2. The van der Waals surface area contributed by atoms with Crippen LogP contribution in [0.5, 0.6) is 0 Å². The van der Waals surface area contributed by atoms with Gasteiger partial charge in [0.2, 0.25) is 10.0 Å². The van der Waals surface area contributed by atoms with Crippen LogP contribution in [0, 0.1) is 0 Å². The van der Waals surface area contributed by atoms with Gasteiger partial charge in [0.15, 0.2) is 0 Å². The van der Waals surface area contributed by atoms with Gasteiger partial charge in [-0.05, 0) is 13.8 Å². The molecule has 5 nitrogen and oxygen atoms in total. The van der Waals surface area contributed by atoms with Gasteiger partial charge in [-0.2, -0.15) is 17.5 Å². The number of ether oxygens (including phenoxy) is 1. The normalized spacial score (nSPS) is 13.1. The summed E-state index contributed by atoms with van der Waals surface area (Å²) in [6, 6.07) is 0. The van der Waals surface area contributed by atoms with Gasteiger partial charge < -0.3 is 4.74 Å². The molecule has 0 N–H and O–H groups in total. The van der Waals surface area contributed by atoms with Gasteiger partial charge in [-0.15, -0.1) is 0 Å². The molecule has 0 aliphatic heterocycles. The van der Waals surface area contributed by atoms with Gasteiger partial charge in [-0.3, -0.25) is 4.79 Å². The van der Waals surface area contributed by atoms with Crippen molar-refractivity contribution in [3.63, 3.8) is 0 Å². The third-order valence-corrected chi connectivity index (χ3v) is 4.33. The summed E-state index contributed by atoms with van der Waals surface area (Å²) in [7, 11) is -2.99. The van der Waals surface area contributed by atoms with Crippen molar-refractivity contribution in [2.45, 2.75) is 31.7 Å². The molecule has 0 saturated carbocycles. The maximum atomic E-state index is 12.3. The van der Waals surface area contributed by atoms with Crippen LogP contribution in [0.3, 0.4) is 0 Å². The predicted molar refractivity (Wildman–Crippen MR) is 58.3 cm³/mol. The van der Waals surface area contributed by atoms with Gasteiger partial charge in [0.1, 0.15) is 6.54 Å². The molecule has 0 bridgehead atoms. The molecule has 0 radical (unpaired) electrons. The second-order valence-corrected chi connectivity index (χ2v) is 6.36. The smallest absolute Gasteiger partial charge is 0.402 e. The summed E-state index contributed by atoms with van der Waals surface area (Å²) in [5.41, 5.74) is 0. The molecule has 0 unspecified atom stereocenters. The molecule has 0 amide bonds. The molecular formula is C9H16F3NO4S. The number of carbonyl (C=O) groups excluding carboxylic acids is 1. The van der Waals surface area contributed by atoms with Gasteiger partial charge >= 0.3 is 12.1 Å². The van der Waals surface area contributed by atoms with E-state index in [2.05, 4.69) is 4.74 Å². The highest BCUT2D eigenvalue weighted by atomic mass is 32.2. The lowest BCUT2D eigenvalue weighted by atomic mass is 10.4. The standard InChI is InChI=1S/C9H16F3NO4S/c1-7(2)18(15,16)13(6-9(10,11)12)5-4-8(14)17-3/h7H,4-6H2,1-3H3. The molecule has 0 rings (SSSR count). The molecule has 18 heavy (non-hydrogen) atoms. The number of hydrogen-bond donors (Lipinski definition) is 0. The van der Waals surface area contributed by atoms with E-state index in [1.807, 2.05) is 0 Å². The lowest BCUT2D eigenvalue weighted by molar-refractivity contribution is -0.144. The Morgan fingerprint density at radius 3 is 2.17 bits per heavy atom. The Bertz CT molecular complexity index is 378. The maximum Gasteiger partial charge on any atom is 0.402 e. The van der Waals surface area contributed by atoms with Crippen molar-refractivity contribution in [3.05, 3.63) is 0 Å². The second-order valence-electron chi connectivity index (χ2n) is 3.87. The molecule has 108 valence electrons. The largest absolute Gasteiger partial charge is 0.469 e. The highest BCUT2D eigenvalue weighted by molar-refractivity contribution is 7.89. The Hall–Kier alpha value is -0.830. The van der Waals surface area contributed by atoms with Crippen LogP contribution in [-0.2, 0) is 19.6 Å². The minimum atomic E-state index is -4.65. The van der Waals surface area contributed by atoms with E-state index in [9.17, 15) is 26.4 Å². The summed E-state index contributed by atoms with van der Waals surface area (Å²) in [5, 5.41) is -0.988. The number of hydrogen-bond acceptors (Lipinski definition) is 4. The SMILES string of the molecule is COC(=O)CCN(CC(F)(F)F)S(=O)(=O)C(C)C. The lowest BCUT2D eigenvalue weighted by Gasteiger charge is -2.24. The second kappa shape index (κ2) is 6.37.